The Hall–Kier alpha value is -3.10. The number of allylic oxidation sites excluding steroid dienone is 4. The van der Waals surface area contributed by atoms with Crippen LogP contribution in [-0.2, 0) is 25.5 Å². The fraction of sp³-hybridized carbons (Fsp3) is 0.500. The molecule has 3 N–H and O–H groups in total. The molecule has 2 aromatic carbocycles. The SMILES string of the molecule is CNc1cccc(Cc2ccc([C@@H]3O[C@@H]4C[C@H]5[C@@H]6CCC7=CC(=O)C=C[C@]7(C)[C@H]6[C@@H](O)C[C@]5(C)[C@]4(C(=O)CO)O3)cc2)c1. The number of fused-ring (bicyclic) bond motifs is 7. The number of hydrogen-bond acceptors (Lipinski definition) is 7. The first-order valence-electron chi connectivity index (χ1n) is 15.6. The van der Waals surface area contributed by atoms with Gasteiger partial charge in [0.15, 0.2) is 23.5 Å². The highest BCUT2D eigenvalue weighted by Gasteiger charge is 2.75. The Morgan fingerprint density at radius 3 is 2.65 bits per heavy atom. The number of carbonyl (C=O) groups is 2. The molecule has 3 saturated carbocycles. The van der Waals surface area contributed by atoms with Crippen LogP contribution in [0.15, 0.2) is 72.3 Å². The Labute approximate surface area is 253 Å². The minimum Gasteiger partial charge on any atom is -0.393 e. The summed E-state index contributed by atoms with van der Waals surface area (Å²) in [4.78, 5) is 25.9. The van der Waals surface area contributed by atoms with Crippen molar-refractivity contribution >= 4 is 17.3 Å². The number of aliphatic hydroxyl groups is 2. The zero-order chi connectivity index (χ0) is 30.1. The summed E-state index contributed by atoms with van der Waals surface area (Å²) in [6.45, 7) is 3.56. The molecular weight excluding hydrogens is 542 g/mol. The van der Waals surface area contributed by atoms with Crippen LogP contribution in [0.1, 0.15) is 62.5 Å². The van der Waals surface area contributed by atoms with Gasteiger partial charge in [-0.25, -0.2) is 0 Å². The normalized spacial score (nSPS) is 39.4. The molecule has 9 atom stereocenters. The number of ketones is 2. The molecule has 1 heterocycles. The summed E-state index contributed by atoms with van der Waals surface area (Å²) in [6.07, 6.45) is 6.83. The van der Waals surface area contributed by atoms with Crippen molar-refractivity contribution in [3.63, 3.8) is 0 Å². The monoisotopic (exact) mass is 583 g/mol. The van der Waals surface area contributed by atoms with E-state index in [2.05, 4.69) is 43.4 Å². The fourth-order valence-corrected chi connectivity index (χ4v) is 9.70. The minimum atomic E-state index is -1.34. The van der Waals surface area contributed by atoms with E-state index in [1.165, 1.54) is 5.56 Å². The van der Waals surface area contributed by atoms with Crippen LogP contribution in [0.5, 0.6) is 0 Å². The Morgan fingerprint density at radius 1 is 1.12 bits per heavy atom. The lowest BCUT2D eigenvalue weighted by Crippen LogP contribution is -2.63. The largest absolute Gasteiger partial charge is 0.393 e. The van der Waals surface area contributed by atoms with Gasteiger partial charge in [0.05, 0.1) is 12.2 Å². The maximum Gasteiger partial charge on any atom is 0.193 e. The van der Waals surface area contributed by atoms with Gasteiger partial charge in [0.1, 0.15) is 6.61 Å². The van der Waals surface area contributed by atoms with Crippen LogP contribution in [0.25, 0.3) is 0 Å². The van der Waals surface area contributed by atoms with Gasteiger partial charge in [0.2, 0.25) is 0 Å². The molecule has 4 fully saturated rings. The molecule has 0 unspecified atom stereocenters. The van der Waals surface area contributed by atoms with Gasteiger partial charge in [-0.15, -0.1) is 0 Å². The van der Waals surface area contributed by atoms with Crippen LogP contribution >= 0.6 is 0 Å². The van der Waals surface area contributed by atoms with Crippen LogP contribution in [-0.4, -0.2) is 53.2 Å². The van der Waals surface area contributed by atoms with Crippen molar-refractivity contribution in [2.24, 2.45) is 28.6 Å². The van der Waals surface area contributed by atoms with Gasteiger partial charge in [-0.05, 0) is 79.4 Å². The number of benzene rings is 2. The van der Waals surface area contributed by atoms with Gasteiger partial charge in [-0.2, -0.15) is 0 Å². The molecule has 7 heteroatoms. The molecule has 1 saturated heterocycles. The first kappa shape index (κ1) is 28.7. The predicted octanol–water partition coefficient (Wildman–Crippen LogP) is 4.92. The third kappa shape index (κ3) is 4.16. The summed E-state index contributed by atoms with van der Waals surface area (Å²) in [5, 5.41) is 25.2. The molecule has 7 rings (SSSR count). The maximum atomic E-state index is 13.8. The number of hydrogen-bond donors (Lipinski definition) is 3. The van der Waals surface area contributed by atoms with E-state index in [0.717, 1.165) is 41.6 Å². The molecule has 43 heavy (non-hydrogen) atoms. The third-order valence-electron chi connectivity index (χ3n) is 11.7. The van der Waals surface area contributed by atoms with Crippen molar-refractivity contribution in [3.8, 4) is 0 Å². The Morgan fingerprint density at radius 2 is 1.91 bits per heavy atom. The quantitative estimate of drug-likeness (QED) is 0.443. The van der Waals surface area contributed by atoms with Gasteiger partial charge in [-0.3, -0.25) is 9.59 Å². The van der Waals surface area contributed by atoms with E-state index in [0.29, 0.717) is 12.8 Å². The molecule has 226 valence electrons. The van der Waals surface area contributed by atoms with E-state index in [9.17, 15) is 19.8 Å². The lowest BCUT2D eigenvalue weighted by Gasteiger charge is -2.59. The van der Waals surface area contributed by atoms with E-state index < -0.39 is 41.5 Å². The zero-order valence-electron chi connectivity index (χ0n) is 25.1. The number of nitrogens with one attached hydrogen (secondary N) is 1. The minimum absolute atomic E-state index is 0.00725. The van der Waals surface area contributed by atoms with Crippen molar-refractivity contribution < 1.29 is 29.3 Å². The summed E-state index contributed by atoms with van der Waals surface area (Å²) in [5.41, 5.74) is 2.90. The van der Waals surface area contributed by atoms with Crippen LogP contribution in [0.3, 0.4) is 0 Å². The van der Waals surface area contributed by atoms with Crippen molar-refractivity contribution in [3.05, 3.63) is 89.0 Å². The maximum absolute atomic E-state index is 13.8. The van der Waals surface area contributed by atoms with Crippen molar-refractivity contribution in [2.45, 2.75) is 70.1 Å². The van der Waals surface area contributed by atoms with Crippen molar-refractivity contribution in [1.29, 1.82) is 0 Å². The summed E-state index contributed by atoms with van der Waals surface area (Å²) in [5.74, 6) is -0.223. The molecule has 0 bridgehead atoms. The van der Waals surface area contributed by atoms with Crippen molar-refractivity contribution in [1.82, 2.24) is 0 Å². The molecule has 0 spiro atoms. The highest BCUT2D eigenvalue weighted by atomic mass is 16.7. The lowest BCUT2D eigenvalue weighted by atomic mass is 9.46. The van der Waals surface area contributed by atoms with Crippen LogP contribution in [0.2, 0.25) is 0 Å². The van der Waals surface area contributed by atoms with E-state index in [4.69, 9.17) is 9.47 Å². The summed E-state index contributed by atoms with van der Waals surface area (Å²) in [7, 11) is 1.91. The van der Waals surface area contributed by atoms with Gasteiger partial charge in [-0.1, -0.05) is 61.9 Å². The number of aliphatic hydroxyl groups excluding tert-OH is 2. The summed E-state index contributed by atoms with van der Waals surface area (Å²) >= 11 is 0. The van der Waals surface area contributed by atoms with Gasteiger partial charge < -0.3 is 25.0 Å². The van der Waals surface area contributed by atoms with Crippen LogP contribution < -0.4 is 5.32 Å². The van der Waals surface area contributed by atoms with Crippen LogP contribution in [0.4, 0.5) is 5.69 Å². The Kier molecular flexibility index (Phi) is 6.82. The molecule has 0 amide bonds. The molecule has 7 nitrogen and oxygen atoms in total. The van der Waals surface area contributed by atoms with E-state index in [1.54, 1.807) is 12.2 Å². The van der Waals surface area contributed by atoms with E-state index in [-0.39, 0.29) is 29.3 Å². The van der Waals surface area contributed by atoms with E-state index in [1.807, 2.05) is 37.4 Å². The second-order valence-electron chi connectivity index (χ2n) is 13.7. The second-order valence-corrected chi connectivity index (χ2v) is 13.7. The molecule has 4 aliphatic carbocycles. The van der Waals surface area contributed by atoms with Crippen LogP contribution in [0, 0.1) is 28.6 Å². The first-order valence-corrected chi connectivity index (χ1v) is 15.6. The molecule has 1 aliphatic heterocycles. The van der Waals surface area contributed by atoms with Gasteiger partial charge in [0, 0.05) is 35.0 Å². The predicted molar refractivity (Wildman–Crippen MR) is 162 cm³/mol. The van der Waals surface area contributed by atoms with E-state index >= 15 is 0 Å². The molecule has 0 radical (unpaired) electrons. The first-order chi connectivity index (χ1) is 20.6. The van der Waals surface area contributed by atoms with Crippen molar-refractivity contribution in [2.75, 3.05) is 19.0 Å². The molecule has 2 aromatic rings. The van der Waals surface area contributed by atoms with Gasteiger partial charge >= 0.3 is 0 Å². The summed E-state index contributed by atoms with van der Waals surface area (Å²) < 4.78 is 13.3. The topological polar surface area (TPSA) is 105 Å². The Bertz CT molecular complexity index is 1510. The smallest absolute Gasteiger partial charge is 0.193 e. The van der Waals surface area contributed by atoms with Gasteiger partial charge in [0.25, 0.3) is 0 Å². The molecule has 0 aromatic heterocycles. The lowest BCUT2D eigenvalue weighted by molar-refractivity contribution is -0.201. The highest BCUT2D eigenvalue weighted by Crippen LogP contribution is 2.70. The highest BCUT2D eigenvalue weighted by molar-refractivity contribution is 6.01. The third-order valence-corrected chi connectivity index (χ3v) is 11.7. The molecular formula is C36H41NO6. The number of ether oxygens (including phenoxy) is 2. The fourth-order valence-electron chi connectivity index (χ4n) is 9.70. The number of rotatable bonds is 6. The number of Topliss-reactive ketones (excluding diaryl/α,β-unsaturated/α-hetero) is 1. The standard InChI is InChI=1S/C36H41NO6/c1-34-14-13-26(39)17-24(34)11-12-27-28-18-31-36(30(41)20-38,35(28,2)19-29(40)32(27)34)43-33(42-31)23-9-7-21(8-10-23)15-22-5-4-6-25(16-22)37-3/h4-10,13-14,16-17,27-29,31-33,37-38,40H,11-12,15,18-20H2,1-3H3/t27-,28-,29-,31+,32+,33+,34-,35-,36+/m0/s1. The molecule has 5 aliphatic rings. The second kappa shape index (κ2) is 10.2. The number of anilines is 1. The number of carbonyl (C=O) groups excluding carboxylic acids is 2. The average Bonchev–Trinajstić information content (AvgIpc) is 3.50. The zero-order valence-corrected chi connectivity index (χ0v) is 25.1. The Balaban J connectivity index is 1.16. The average molecular weight is 584 g/mol. The summed E-state index contributed by atoms with van der Waals surface area (Å²) in [6, 6.07) is 16.5.